The molecular weight excluding hydrogens is 322 g/mol. The van der Waals surface area contributed by atoms with Crippen LogP contribution in [0.5, 0.6) is 0 Å². The summed E-state index contributed by atoms with van der Waals surface area (Å²) in [5, 5.41) is 6.69. The zero-order valence-corrected chi connectivity index (χ0v) is 13.9. The van der Waals surface area contributed by atoms with E-state index in [-0.39, 0.29) is 4.90 Å². The summed E-state index contributed by atoms with van der Waals surface area (Å²) in [5.74, 6) is -3.38. The highest BCUT2D eigenvalue weighted by Gasteiger charge is 2.26. The highest BCUT2D eigenvalue weighted by Crippen LogP contribution is 2.20. The molecule has 0 saturated heterocycles. The first-order valence-corrected chi connectivity index (χ1v) is 9.64. The van der Waals surface area contributed by atoms with Crippen molar-refractivity contribution in [3.05, 3.63) is 24.3 Å². The largest absolute Gasteiger partial charge is 0.384 e. The van der Waals surface area contributed by atoms with E-state index in [2.05, 4.69) is 10.6 Å². The summed E-state index contributed by atoms with van der Waals surface area (Å²) in [4.78, 5) is -0.352. The Morgan fingerprint density at radius 2 is 1.61 bits per heavy atom. The average Bonchev–Trinajstić information content (AvgIpc) is 2.80. The summed E-state index contributed by atoms with van der Waals surface area (Å²) >= 11 is 0. The van der Waals surface area contributed by atoms with Crippen molar-refractivity contribution in [3.63, 3.8) is 0 Å². The lowest BCUT2D eigenvalue weighted by Gasteiger charge is -2.16. The second-order valence-electron chi connectivity index (χ2n) is 5.90. The first kappa shape index (κ1) is 18.1. The molecule has 2 rings (SSSR count). The maximum atomic E-state index is 12.4. The minimum atomic E-state index is -4.51. The van der Waals surface area contributed by atoms with E-state index in [0.29, 0.717) is 12.6 Å². The Balaban J connectivity index is 1.76. The van der Waals surface area contributed by atoms with Crippen molar-refractivity contribution in [2.24, 2.45) is 0 Å². The van der Waals surface area contributed by atoms with E-state index in [0.717, 1.165) is 12.2 Å². The molecule has 0 bridgehead atoms. The molecule has 0 radical (unpaired) electrons. The van der Waals surface area contributed by atoms with Gasteiger partial charge in [0, 0.05) is 24.8 Å². The van der Waals surface area contributed by atoms with Crippen LogP contribution in [0.3, 0.4) is 0 Å². The monoisotopic (exact) mass is 346 g/mol. The van der Waals surface area contributed by atoms with E-state index in [1.165, 1.54) is 62.8 Å². The van der Waals surface area contributed by atoms with Crippen LogP contribution in [-0.2, 0) is 9.84 Å². The molecular formula is C16H24F2N2O2S. The van der Waals surface area contributed by atoms with Gasteiger partial charge in [0.1, 0.15) is 0 Å². The van der Waals surface area contributed by atoms with E-state index in [1.54, 1.807) is 0 Å². The van der Waals surface area contributed by atoms with Crippen LogP contribution in [0.15, 0.2) is 29.2 Å². The van der Waals surface area contributed by atoms with Crippen LogP contribution in [0.1, 0.15) is 38.5 Å². The van der Waals surface area contributed by atoms with Crippen molar-refractivity contribution in [1.29, 1.82) is 0 Å². The van der Waals surface area contributed by atoms with Gasteiger partial charge in [0.25, 0.3) is 0 Å². The van der Waals surface area contributed by atoms with Crippen LogP contribution >= 0.6 is 0 Å². The summed E-state index contributed by atoms with van der Waals surface area (Å²) in [7, 11) is -4.51. The molecule has 0 aliphatic heterocycles. The number of hydrogen-bond acceptors (Lipinski definition) is 4. The van der Waals surface area contributed by atoms with Crippen molar-refractivity contribution >= 4 is 15.5 Å². The standard InChI is InChI=1S/C16H24F2N2O2S/c17-16(18)23(21,22)15-9-7-14(8-10-15)20-12-11-19-13-5-3-1-2-4-6-13/h7-10,13,16,19-20H,1-6,11-12H2. The normalized spacial score (nSPS) is 17.2. The number of halogens is 2. The maximum Gasteiger partial charge on any atom is 0.341 e. The fourth-order valence-electron chi connectivity index (χ4n) is 2.83. The van der Waals surface area contributed by atoms with E-state index in [9.17, 15) is 17.2 Å². The van der Waals surface area contributed by atoms with Gasteiger partial charge in [0.15, 0.2) is 0 Å². The average molecular weight is 346 g/mol. The molecule has 1 aliphatic rings. The lowest BCUT2D eigenvalue weighted by molar-refractivity contribution is 0.234. The third kappa shape index (κ3) is 5.42. The molecule has 1 aromatic rings. The number of sulfone groups is 1. The van der Waals surface area contributed by atoms with Gasteiger partial charge in [-0.1, -0.05) is 25.7 Å². The van der Waals surface area contributed by atoms with Gasteiger partial charge in [-0.15, -0.1) is 0 Å². The molecule has 0 aromatic heterocycles. The molecule has 0 amide bonds. The molecule has 7 heteroatoms. The molecule has 1 aliphatic carbocycles. The van der Waals surface area contributed by atoms with Crippen molar-refractivity contribution in [2.75, 3.05) is 18.4 Å². The number of benzene rings is 1. The number of rotatable bonds is 7. The Labute approximate surface area is 136 Å². The van der Waals surface area contributed by atoms with Crippen LogP contribution in [-0.4, -0.2) is 33.3 Å². The second kappa shape index (κ2) is 8.59. The van der Waals surface area contributed by atoms with Gasteiger partial charge in [0.2, 0.25) is 9.84 Å². The first-order valence-electron chi connectivity index (χ1n) is 8.09. The van der Waals surface area contributed by atoms with Gasteiger partial charge >= 0.3 is 5.76 Å². The van der Waals surface area contributed by atoms with Crippen LogP contribution in [0.25, 0.3) is 0 Å². The van der Waals surface area contributed by atoms with E-state index >= 15 is 0 Å². The Morgan fingerprint density at radius 1 is 1.00 bits per heavy atom. The summed E-state index contributed by atoms with van der Waals surface area (Å²) in [6.45, 7) is 1.53. The highest BCUT2D eigenvalue weighted by molar-refractivity contribution is 7.91. The van der Waals surface area contributed by atoms with Crippen LogP contribution in [0.2, 0.25) is 0 Å². The van der Waals surface area contributed by atoms with Crippen LogP contribution in [0, 0.1) is 0 Å². The third-order valence-corrected chi connectivity index (χ3v) is 5.56. The Bertz CT molecular complexity index is 568. The maximum absolute atomic E-state index is 12.4. The van der Waals surface area contributed by atoms with E-state index < -0.39 is 15.6 Å². The lowest BCUT2D eigenvalue weighted by atomic mass is 10.1. The fourth-order valence-corrected chi connectivity index (χ4v) is 3.55. The molecule has 130 valence electrons. The molecule has 0 atom stereocenters. The molecule has 0 heterocycles. The van der Waals surface area contributed by atoms with Gasteiger partial charge in [-0.25, -0.2) is 8.42 Å². The third-order valence-electron chi connectivity index (χ3n) is 4.16. The quantitative estimate of drug-likeness (QED) is 0.587. The minimum Gasteiger partial charge on any atom is -0.384 e. The number of alkyl halides is 2. The summed E-state index contributed by atoms with van der Waals surface area (Å²) < 4.78 is 47.5. The molecule has 0 spiro atoms. The molecule has 0 unspecified atom stereocenters. The van der Waals surface area contributed by atoms with Crippen molar-refractivity contribution in [1.82, 2.24) is 5.32 Å². The van der Waals surface area contributed by atoms with Crippen molar-refractivity contribution in [2.45, 2.75) is 55.2 Å². The summed E-state index contributed by atoms with van der Waals surface area (Å²) in [5.41, 5.74) is 0.723. The molecule has 1 saturated carbocycles. The number of nitrogens with one attached hydrogen (secondary N) is 2. The SMILES string of the molecule is O=S(=O)(c1ccc(NCCNC2CCCCCC2)cc1)C(F)F. The zero-order chi connectivity index (χ0) is 16.7. The summed E-state index contributed by atoms with van der Waals surface area (Å²) in [6, 6.07) is 6.03. The smallest absolute Gasteiger partial charge is 0.341 e. The Kier molecular flexibility index (Phi) is 6.77. The topological polar surface area (TPSA) is 58.2 Å². The molecule has 1 aromatic carbocycles. The summed E-state index contributed by atoms with van der Waals surface area (Å²) in [6.07, 6.45) is 7.66. The van der Waals surface area contributed by atoms with Gasteiger partial charge in [-0.3, -0.25) is 0 Å². The lowest BCUT2D eigenvalue weighted by Crippen LogP contribution is -2.32. The number of anilines is 1. The molecule has 4 nitrogen and oxygen atoms in total. The fraction of sp³-hybridized carbons (Fsp3) is 0.625. The predicted octanol–water partition coefficient (Wildman–Crippen LogP) is 3.41. The predicted molar refractivity (Wildman–Crippen MR) is 87.6 cm³/mol. The highest BCUT2D eigenvalue weighted by atomic mass is 32.2. The Hall–Kier alpha value is -1.21. The van der Waals surface area contributed by atoms with Gasteiger partial charge < -0.3 is 10.6 Å². The molecule has 1 fully saturated rings. The van der Waals surface area contributed by atoms with Crippen molar-refractivity contribution in [3.8, 4) is 0 Å². The van der Waals surface area contributed by atoms with Gasteiger partial charge in [-0.05, 0) is 37.1 Å². The van der Waals surface area contributed by atoms with Crippen molar-refractivity contribution < 1.29 is 17.2 Å². The van der Waals surface area contributed by atoms with E-state index in [4.69, 9.17) is 0 Å². The number of hydrogen-bond donors (Lipinski definition) is 2. The Morgan fingerprint density at radius 3 is 2.17 bits per heavy atom. The zero-order valence-electron chi connectivity index (χ0n) is 13.1. The minimum absolute atomic E-state index is 0.352. The van der Waals surface area contributed by atoms with Gasteiger partial charge in [-0.2, -0.15) is 8.78 Å². The first-order chi connectivity index (χ1) is 11.0. The van der Waals surface area contributed by atoms with E-state index in [1.807, 2.05) is 0 Å². The van der Waals surface area contributed by atoms with Crippen LogP contribution in [0.4, 0.5) is 14.5 Å². The molecule has 2 N–H and O–H groups in total. The second-order valence-corrected chi connectivity index (χ2v) is 7.82. The van der Waals surface area contributed by atoms with Gasteiger partial charge in [0.05, 0.1) is 4.90 Å². The van der Waals surface area contributed by atoms with Crippen LogP contribution < -0.4 is 10.6 Å². The molecule has 23 heavy (non-hydrogen) atoms.